The zero-order valence-corrected chi connectivity index (χ0v) is 7.03. The first-order valence-electron chi connectivity index (χ1n) is 3.65. The van der Waals surface area contributed by atoms with Gasteiger partial charge in [-0.1, -0.05) is 13.3 Å². The average Bonchev–Trinajstić information content (AvgIpc) is 1.84. The Morgan fingerprint density at radius 3 is 2.50 bits per heavy atom. The lowest BCUT2D eigenvalue weighted by Crippen LogP contribution is -2.28. The summed E-state index contributed by atoms with van der Waals surface area (Å²) in [5, 5.41) is 9.71. The summed E-state index contributed by atoms with van der Waals surface area (Å²) in [6, 6.07) is 0. The van der Waals surface area contributed by atoms with Gasteiger partial charge in [0.15, 0.2) is 0 Å². The lowest BCUT2D eigenvalue weighted by Gasteiger charge is -2.13. The summed E-state index contributed by atoms with van der Waals surface area (Å²) in [5.41, 5.74) is 0. The Labute approximate surface area is 70.3 Å². The van der Waals surface area contributed by atoms with Crippen LogP contribution >= 0.6 is 0 Å². The number of hydrogen-bond acceptors (Lipinski definition) is 5. The number of ether oxygens (including phenoxy) is 2. The Bertz CT molecular complexity index is 165. The van der Waals surface area contributed by atoms with E-state index in [1.807, 2.05) is 6.92 Å². The highest BCUT2D eigenvalue weighted by Gasteiger charge is 2.06. The molecule has 5 heteroatoms. The van der Waals surface area contributed by atoms with Gasteiger partial charge in [-0.25, -0.2) is 4.79 Å². The molecule has 0 radical (unpaired) electrons. The van der Waals surface area contributed by atoms with Crippen molar-refractivity contribution < 1.29 is 24.2 Å². The minimum absolute atomic E-state index is 0.332. The molecule has 0 saturated heterocycles. The number of carbonyl (C=O) groups is 2. The van der Waals surface area contributed by atoms with Crippen molar-refractivity contribution in [2.45, 2.75) is 32.8 Å². The van der Waals surface area contributed by atoms with Crippen LogP contribution < -0.4 is 5.11 Å². The fraction of sp³-hybridized carbons (Fsp3) is 0.714. The molecule has 0 aliphatic heterocycles. The van der Waals surface area contributed by atoms with Gasteiger partial charge in [-0.15, -0.1) is 0 Å². The molecule has 0 aliphatic rings. The van der Waals surface area contributed by atoms with Crippen molar-refractivity contribution in [2.24, 2.45) is 0 Å². The third kappa shape index (κ3) is 5.52. The second-order valence-electron chi connectivity index (χ2n) is 2.32. The van der Waals surface area contributed by atoms with Crippen LogP contribution in [0, 0.1) is 0 Å². The summed E-state index contributed by atoms with van der Waals surface area (Å²) >= 11 is 0. The predicted octanol–water partition coefficient (Wildman–Crippen LogP) is 0.671. The maximum atomic E-state index is 10.5. The van der Waals surface area contributed by atoms with Crippen molar-refractivity contribution in [3.05, 3.63) is 0 Å². The molecule has 1 unspecified atom stereocenters. The van der Waals surface area contributed by atoms with Crippen LogP contribution in [0.25, 0.3) is 0 Å². The van der Waals surface area contributed by atoms with E-state index in [0.717, 1.165) is 6.42 Å². The molecule has 0 spiro atoms. The molecule has 0 amide bonds. The molecule has 0 fully saturated rings. The molecule has 0 aromatic rings. The zero-order chi connectivity index (χ0) is 9.56. The molecule has 0 bridgehead atoms. The molecule has 70 valence electrons. The SMILES string of the molecule is CCCC(C)OC(=O)OC(=O)[O-]. The molecule has 0 heterocycles. The third-order valence-electron chi connectivity index (χ3n) is 1.16. The predicted molar refractivity (Wildman–Crippen MR) is 37.3 cm³/mol. The van der Waals surface area contributed by atoms with Gasteiger partial charge in [0, 0.05) is 0 Å². The van der Waals surface area contributed by atoms with E-state index in [0.29, 0.717) is 6.42 Å². The average molecular weight is 175 g/mol. The molecule has 5 nitrogen and oxygen atoms in total. The molecular formula is C7H11O5-. The summed E-state index contributed by atoms with van der Waals surface area (Å²) in [6.07, 6.45) is -1.94. The van der Waals surface area contributed by atoms with E-state index < -0.39 is 12.3 Å². The molecule has 1 atom stereocenters. The largest absolute Gasteiger partial charge is 0.453 e. The molecule has 0 aromatic carbocycles. The summed E-state index contributed by atoms with van der Waals surface area (Å²) in [4.78, 5) is 20.2. The fourth-order valence-corrected chi connectivity index (χ4v) is 0.722. The molecule has 0 rings (SSSR count). The van der Waals surface area contributed by atoms with E-state index in [1.165, 1.54) is 0 Å². The Morgan fingerprint density at radius 1 is 1.50 bits per heavy atom. The highest BCUT2D eigenvalue weighted by molar-refractivity contribution is 5.74. The first-order valence-corrected chi connectivity index (χ1v) is 3.65. The van der Waals surface area contributed by atoms with E-state index in [2.05, 4.69) is 9.47 Å². The lowest BCUT2D eigenvalue weighted by atomic mass is 10.2. The highest BCUT2D eigenvalue weighted by Crippen LogP contribution is 2.01. The zero-order valence-electron chi connectivity index (χ0n) is 7.03. The third-order valence-corrected chi connectivity index (χ3v) is 1.16. The Hall–Kier alpha value is -1.26. The van der Waals surface area contributed by atoms with Gasteiger partial charge in [-0.3, -0.25) is 0 Å². The van der Waals surface area contributed by atoms with Gasteiger partial charge in [-0.05, 0) is 13.3 Å². The molecule has 12 heavy (non-hydrogen) atoms. The highest BCUT2D eigenvalue weighted by atomic mass is 16.8. The van der Waals surface area contributed by atoms with E-state index in [9.17, 15) is 14.7 Å². The summed E-state index contributed by atoms with van der Waals surface area (Å²) in [7, 11) is 0. The van der Waals surface area contributed by atoms with Gasteiger partial charge in [0.2, 0.25) is 0 Å². The maximum absolute atomic E-state index is 10.5. The van der Waals surface area contributed by atoms with Crippen molar-refractivity contribution in [3.63, 3.8) is 0 Å². The van der Waals surface area contributed by atoms with Crippen molar-refractivity contribution >= 4 is 12.3 Å². The topological polar surface area (TPSA) is 75.7 Å². The van der Waals surface area contributed by atoms with E-state index >= 15 is 0 Å². The van der Waals surface area contributed by atoms with E-state index in [1.54, 1.807) is 6.92 Å². The van der Waals surface area contributed by atoms with E-state index in [4.69, 9.17) is 0 Å². The molecule has 0 N–H and O–H groups in total. The summed E-state index contributed by atoms with van der Waals surface area (Å²) in [5.74, 6) is 0. The van der Waals surface area contributed by atoms with Crippen molar-refractivity contribution in [1.82, 2.24) is 0 Å². The van der Waals surface area contributed by atoms with Gasteiger partial charge in [0.1, 0.15) is 6.10 Å². The van der Waals surface area contributed by atoms with Crippen LogP contribution in [-0.2, 0) is 9.47 Å². The standard InChI is InChI=1S/C7H12O5/c1-3-4-5(2)11-7(10)12-6(8)9/h5H,3-4H2,1-2H3,(H,8,9)/p-1. The number of carbonyl (C=O) groups excluding carboxylic acids is 2. The summed E-state index contributed by atoms with van der Waals surface area (Å²) < 4.78 is 8.13. The van der Waals surface area contributed by atoms with Crippen molar-refractivity contribution in [3.8, 4) is 0 Å². The van der Waals surface area contributed by atoms with Crippen LogP contribution in [-0.4, -0.2) is 18.4 Å². The van der Waals surface area contributed by atoms with Gasteiger partial charge in [-0.2, -0.15) is 0 Å². The van der Waals surface area contributed by atoms with Gasteiger partial charge in [0.25, 0.3) is 6.16 Å². The van der Waals surface area contributed by atoms with Crippen LogP contribution in [0.1, 0.15) is 26.7 Å². The van der Waals surface area contributed by atoms with Crippen molar-refractivity contribution in [1.29, 1.82) is 0 Å². The van der Waals surface area contributed by atoms with Gasteiger partial charge < -0.3 is 19.4 Å². The molecule has 0 aromatic heterocycles. The minimum Gasteiger partial charge on any atom is -0.453 e. The van der Waals surface area contributed by atoms with Crippen LogP contribution in [0.3, 0.4) is 0 Å². The second-order valence-corrected chi connectivity index (χ2v) is 2.32. The van der Waals surface area contributed by atoms with Crippen LogP contribution in [0.15, 0.2) is 0 Å². The summed E-state index contributed by atoms with van der Waals surface area (Å²) in [6.45, 7) is 3.57. The Morgan fingerprint density at radius 2 is 2.08 bits per heavy atom. The Kier molecular flexibility index (Phi) is 4.83. The minimum atomic E-state index is -1.90. The maximum Gasteiger partial charge on any atom is 0.434 e. The molecule has 0 saturated carbocycles. The molecule has 0 aliphatic carbocycles. The van der Waals surface area contributed by atoms with Gasteiger partial charge >= 0.3 is 6.16 Å². The molecular weight excluding hydrogens is 164 g/mol. The lowest BCUT2D eigenvalue weighted by molar-refractivity contribution is -0.276. The first kappa shape index (κ1) is 10.7. The number of rotatable bonds is 3. The smallest absolute Gasteiger partial charge is 0.434 e. The van der Waals surface area contributed by atoms with E-state index in [-0.39, 0.29) is 6.10 Å². The Balaban J connectivity index is 3.61. The second kappa shape index (κ2) is 5.40. The monoisotopic (exact) mass is 175 g/mol. The first-order chi connectivity index (χ1) is 5.56. The quantitative estimate of drug-likeness (QED) is 0.465. The van der Waals surface area contributed by atoms with Crippen LogP contribution in [0.5, 0.6) is 0 Å². The van der Waals surface area contributed by atoms with Crippen LogP contribution in [0.2, 0.25) is 0 Å². The van der Waals surface area contributed by atoms with Gasteiger partial charge in [0.05, 0.1) is 0 Å². The fourth-order valence-electron chi connectivity index (χ4n) is 0.722. The normalized spacial score (nSPS) is 11.8. The number of carboxylic acid groups (broad SMARTS) is 1. The number of hydrogen-bond donors (Lipinski definition) is 0. The van der Waals surface area contributed by atoms with Crippen molar-refractivity contribution in [2.75, 3.05) is 0 Å². The van der Waals surface area contributed by atoms with Crippen LogP contribution in [0.4, 0.5) is 9.59 Å².